The number of rotatable bonds is 8. The first-order valence-electron chi connectivity index (χ1n) is 15.1. The Labute approximate surface area is 257 Å². The summed E-state index contributed by atoms with van der Waals surface area (Å²) >= 11 is 0. The smallest absolute Gasteiger partial charge is 0.274 e. The molecule has 2 amide bonds. The van der Waals surface area contributed by atoms with Crippen molar-refractivity contribution in [3.05, 3.63) is 71.2 Å². The van der Waals surface area contributed by atoms with Gasteiger partial charge >= 0.3 is 0 Å². The van der Waals surface area contributed by atoms with Gasteiger partial charge in [-0.05, 0) is 53.8 Å². The van der Waals surface area contributed by atoms with E-state index in [1.807, 2.05) is 30.0 Å². The Balaban J connectivity index is 1.03. The number of hydrogen-bond acceptors (Lipinski definition) is 8. The number of phenolic OH excluding ortho intramolecular Hbond substituents is 1. The van der Waals surface area contributed by atoms with Gasteiger partial charge < -0.3 is 25.2 Å². The van der Waals surface area contributed by atoms with Gasteiger partial charge in [0.2, 0.25) is 5.91 Å². The van der Waals surface area contributed by atoms with Crippen LogP contribution in [0.5, 0.6) is 5.75 Å². The van der Waals surface area contributed by atoms with Gasteiger partial charge in [-0.1, -0.05) is 13.0 Å². The van der Waals surface area contributed by atoms with Crippen LogP contribution in [0.1, 0.15) is 47.2 Å². The Bertz CT molecular complexity index is 1920. The molecule has 230 valence electrons. The Kier molecular flexibility index (Phi) is 7.35. The molecule has 0 unspecified atom stereocenters. The molecule has 3 aromatic heterocycles. The number of aromatic nitrogens is 6. The maximum Gasteiger partial charge on any atom is 0.274 e. The van der Waals surface area contributed by atoms with Gasteiger partial charge in [0.15, 0.2) is 17.4 Å². The summed E-state index contributed by atoms with van der Waals surface area (Å²) in [6, 6.07) is 8.57. The minimum Gasteiger partial charge on any atom is -0.505 e. The quantitative estimate of drug-likeness (QED) is 0.205. The number of benzene rings is 2. The van der Waals surface area contributed by atoms with Gasteiger partial charge in [-0.3, -0.25) is 14.7 Å². The van der Waals surface area contributed by atoms with E-state index in [4.69, 9.17) is 4.98 Å². The number of amides is 2. The van der Waals surface area contributed by atoms with Crippen molar-refractivity contribution in [3.63, 3.8) is 0 Å². The van der Waals surface area contributed by atoms with Crippen LogP contribution in [-0.2, 0) is 24.2 Å². The Hall–Kier alpha value is -5.33. The highest BCUT2D eigenvalue weighted by atomic mass is 19.1. The third-order valence-corrected chi connectivity index (χ3v) is 8.50. The highest BCUT2D eigenvalue weighted by Gasteiger charge is 2.27. The van der Waals surface area contributed by atoms with Gasteiger partial charge in [-0.25, -0.2) is 19.3 Å². The lowest BCUT2D eigenvalue weighted by Crippen LogP contribution is -2.36. The van der Waals surface area contributed by atoms with Crippen LogP contribution in [0.15, 0.2) is 42.7 Å². The number of nitrogens with one attached hydrogen (secondary N) is 3. The summed E-state index contributed by atoms with van der Waals surface area (Å²) in [5.41, 5.74) is 5.78. The summed E-state index contributed by atoms with van der Waals surface area (Å²) < 4.78 is 14.2. The van der Waals surface area contributed by atoms with Crippen LogP contribution in [0.25, 0.3) is 33.5 Å². The zero-order chi connectivity index (χ0) is 31.1. The first-order valence-corrected chi connectivity index (χ1v) is 15.1. The molecule has 12 nitrogen and oxygen atoms in total. The Morgan fingerprint density at radius 2 is 2.02 bits per heavy atom. The number of anilines is 1. The van der Waals surface area contributed by atoms with E-state index in [0.717, 1.165) is 51.9 Å². The summed E-state index contributed by atoms with van der Waals surface area (Å²) in [6.45, 7) is 4.77. The lowest BCUT2D eigenvalue weighted by atomic mass is 9.96. The van der Waals surface area contributed by atoms with Crippen LogP contribution in [0.2, 0.25) is 0 Å². The standard InChI is InChI=1S/C32H32FN9O3/c1-2-18-13-27(43)22(33)14-21(18)19-5-6-20-24(12-19)39-40-30(20)31-37-23-7-10-42(17-26(23)38-31)32(45)25-15-36-28(16-35-25)34-8-11-41-9-3-4-29(41)44/h5-6,12-16,43H,2-4,7-11,17H2,1H3,(H,34,36)(H,37,38)(H,39,40). The van der Waals surface area contributed by atoms with E-state index in [9.17, 15) is 19.1 Å². The molecule has 0 bridgehead atoms. The second kappa shape index (κ2) is 11.6. The zero-order valence-corrected chi connectivity index (χ0v) is 24.7. The predicted octanol–water partition coefficient (Wildman–Crippen LogP) is 4.05. The first kappa shape index (κ1) is 28.4. The van der Waals surface area contributed by atoms with Gasteiger partial charge in [0.25, 0.3) is 5.91 Å². The second-order valence-electron chi connectivity index (χ2n) is 11.3. The first-order chi connectivity index (χ1) is 21.9. The van der Waals surface area contributed by atoms with E-state index in [1.165, 1.54) is 24.5 Å². The van der Waals surface area contributed by atoms with E-state index >= 15 is 0 Å². The molecule has 5 heterocycles. The molecule has 0 spiro atoms. The van der Waals surface area contributed by atoms with Crippen molar-refractivity contribution < 1.29 is 19.1 Å². The van der Waals surface area contributed by atoms with E-state index < -0.39 is 5.82 Å². The number of carbonyl (C=O) groups excluding carboxylic acids is 2. The lowest BCUT2D eigenvalue weighted by molar-refractivity contribution is -0.127. The van der Waals surface area contributed by atoms with Crippen molar-refractivity contribution in [2.75, 3.05) is 31.5 Å². The van der Waals surface area contributed by atoms with E-state index in [2.05, 4.69) is 30.5 Å². The van der Waals surface area contributed by atoms with Crippen molar-refractivity contribution in [1.29, 1.82) is 0 Å². The maximum absolute atomic E-state index is 14.2. The molecule has 4 N–H and O–H groups in total. The minimum absolute atomic E-state index is 0.181. The van der Waals surface area contributed by atoms with Gasteiger partial charge in [-0.15, -0.1) is 0 Å². The van der Waals surface area contributed by atoms with Crippen molar-refractivity contribution in [2.45, 2.75) is 39.2 Å². The van der Waals surface area contributed by atoms with Crippen molar-refractivity contribution in [1.82, 2.24) is 39.9 Å². The normalized spacial score (nSPS) is 14.8. The van der Waals surface area contributed by atoms with Gasteiger partial charge in [0.1, 0.15) is 17.2 Å². The number of imidazole rings is 1. The summed E-state index contributed by atoms with van der Waals surface area (Å²) in [5.74, 6) is 0.102. The fourth-order valence-corrected chi connectivity index (χ4v) is 6.06. The molecule has 1 fully saturated rings. The Morgan fingerprint density at radius 3 is 2.80 bits per heavy atom. The Morgan fingerprint density at radius 1 is 1.13 bits per heavy atom. The fourth-order valence-electron chi connectivity index (χ4n) is 6.06. The number of aromatic hydroxyl groups is 1. The number of nitrogens with zero attached hydrogens (tertiary/aromatic N) is 6. The topological polar surface area (TPSA) is 156 Å². The highest BCUT2D eigenvalue weighted by Crippen LogP contribution is 2.34. The molecule has 7 rings (SSSR count). The second-order valence-corrected chi connectivity index (χ2v) is 11.3. The number of carbonyl (C=O) groups is 2. The highest BCUT2D eigenvalue weighted by molar-refractivity contribution is 5.94. The number of aryl methyl sites for hydroxylation is 1. The molecule has 0 saturated carbocycles. The van der Waals surface area contributed by atoms with Crippen LogP contribution in [0.3, 0.4) is 0 Å². The van der Waals surface area contributed by atoms with Crippen LogP contribution in [0, 0.1) is 5.82 Å². The SMILES string of the molecule is CCc1cc(O)c(F)cc1-c1ccc2c(-c3nc4c([nH]3)CN(C(=O)c3cnc(NCCN5CCCC5=O)cn3)CC4)n[nH]c2c1. The third kappa shape index (κ3) is 5.45. The van der Waals surface area contributed by atoms with Crippen molar-refractivity contribution in [3.8, 4) is 28.4 Å². The van der Waals surface area contributed by atoms with Crippen LogP contribution < -0.4 is 5.32 Å². The molecule has 13 heteroatoms. The maximum atomic E-state index is 14.2. The summed E-state index contributed by atoms with van der Waals surface area (Å²) in [4.78, 5) is 45.4. The number of halogens is 1. The molecule has 1 saturated heterocycles. The molecular weight excluding hydrogens is 577 g/mol. The van der Waals surface area contributed by atoms with Crippen LogP contribution in [-0.4, -0.2) is 83.0 Å². The number of H-pyrrole nitrogens is 2. The number of aromatic amines is 2. The van der Waals surface area contributed by atoms with E-state index in [1.54, 1.807) is 4.90 Å². The molecule has 2 aromatic carbocycles. The molecule has 2 aliphatic heterocycles. The van der Waals surface area contributed by atoms with Crippen LogP contribution >= 0.6 is 0 Å². The lowest BCUT2D eigenvalue weighted by Gasteiger charge is -2.25. The molecule has 0 radical (unpaired) electrons. The van der Waals surface area contributed by atoms with Gasteiger partial charge in [0.05, 0.1) is 35.8 Å². The summed E-state index contributed by atoms with van der Waals surface area (Å²) in [5, 5.41) is 21.4. The molecule has 2 aliphatic rings. The monoisotopic (exact) mass is 609 g/mol. The third-order valence-electron chi connectivity index (χ3n) is 8.50. The van der Waals surface area contributed by atoms with Crippen LogP contribution in [0.4, 0.5) is 10.2 Å². The van der Waals surface area contributed by atoms with Crippen molar-refractivity contribution in [2.24, 2.45) is 0 Å². The average molecular weight is 610 g/mol. The van der Waals surface area contributed by atoms with Gasteiger partial charge in [-0.2, -0.15) is 5.10 Å². The summed E-state index contributed by atoms with van der Waals surface area (Å²) in [6.07, 6.45) is 5.75. The molecule has 0 aliphatic carbocycles. The summed E-state index contributed by atoms with van der Waals surface area (Å²) in [7, 11) is 0. The average Bonchev–Trinajstić information content (AvgIpc) is 3.79. The van der Waals surface area contributed by atoms with Gasteiger partial charge in [0, 0.05) is 44.4 Å². The fraction of sp³-hybridized carbons (Fsp3) is 0.312. The predicted molar refractivity (Wildman–Crippen MR) is 165 cm³/mol. The number of likely N-dealkylation sites (tertiary alicyclic amines) is 1. The molecule has 45 heavy (non-hydrogen) atoms. The van der Waals surface area contributed by atoms with Crippen molar-refractivity contribution >= 4 is 28.5 Å². The van der Waals surface area contributed by atoms with E-state index in [-0.39, 0.29) is 23.3 Å². The number of hydrogen-bond donors (Lipinski definition) is 4. The number of fused-ring (bicyclic) bond motifs is 2. The van der Waals surface area contributed by atoms with E-state index in [0.29, 0.717) is 62.8 Å². The number of phenols is 1. The molecule has 5 aromatic rings. The molecule has 0 atom stereocenters. The zero-order valence-electron chi connectivity index (χ0n) is 24.7. The largest absolute Gasteiger partial charge is 0.505 e. The molecular formula is C32H32FN9O3. The minimum atomic E-state index is -0.662.